The van der Waals surface area contributed by atoms with Crippen molar-refractivity contribution in [2.75, 3.05) is 19.8 Å². The second-order valence-electron chi connectivity index (χ2n) is 4.21. The van der Waals surface area contributed by atoms with Crippen LogP contribution in [0.5, 0.6) is 0 Å². The van der Waals surface area contributed by atoms with Crippen LogP contribution >= 0.6 is 0 Å². The number of carbonyl (C=O) groups is 2. The molecule has 0 radical (unpaired) electrons. The molecule has 6 heteroatoms. The third kappa shape index (κ3) is 8.65. The molecule has 0 heterocycles. The molecule has 0 unspecified atom stereocenters. The van der Waals surface area contributed by atoms with Gasteiger partial charge in [-0.2, -0.15) is 0 Å². The number of nitrogens with zero attached hydrogens (tertiary/aromatic N) is 1. The van der Waals surface area contributed by atoms with Crippen molar-refractivity contribution in [3.8, 4) is 0 Å². The molecular formula is C11H21NO5. The fraction of sp³-hybridized carbons (Fsp3) is 0.818. The van der Waals surface area contributed by atoms with Crippen LogP contribution in [0.1, 0.15) is 27.7 Å². The molecule has 0 aliphatic carbocycles. The molecule has 0 amide bonds. The van der Waals surface area contributed by atoms with Crippen molar-refractivity contribution in [2.45, 2.75) is 39.9 Å². The summed E-state index contributed by atoms with van der Waals surface area (Å²) in [6, 6.07) is 0. The number of carbonyl (C=O) groups excluding carboxylic acids is 2. The van der Waals surface area contributed by atoms with E-state index in [-0.39, 0.29) is 25.3 Å². The minimum absolute atomic E-state index is 0.137. The van der Waals surface area contributed by atoms with Gasteiger partial charge < -0.3 is 14.6 Å². The first-order chi connectivity index (χ1) is 7.85. The highest BCUT2D eigenvalue weighted by molar-refractivity contribution is 5.75. The zero-order valence-electron chi connectivity index (χ0n) is 10.8. The summed E-state index contributed by atoms with van der Waals surface area (Å²) < 4.78 is 9.80. The van der Waals surface area contributed by atoms with E-state index in [1.807, 2.05) is 0 Å². The van der Waals surface area contributed by atoms with Crippen molar-refractivity contribution in [2.24, 2.45) is 0 Å². The minimum Gasteiger partial charge on any atom is -0.462 e. The van der Waals surface area contributed by atoms with E-state index in [9.17, 15) is 9.59 Å². The Bertz CT molecular complexity index is 228. The van der Waals surface area contributed by atoms with Gasteiger partial charge >= 0.3 is 11.9 Å². The van der Waals surface area contributed by atoms with Gasteiger partial charge in [0.1, 0.15) is 0 Å². The molecule has 0 aromatic heterocycles. The molecule has 0 fully saturated rings. The number of aliphatic hydroxyl groups is 1. The van der Waals surface area contributed by atoms with Crippen LogP contribution in [-0.4, -0.2) is 54.0 Å². The maximum atomic E-state index is 11.3. The van der Waals surface area contributed by atoms with Crippen LogP contribution in [0.3, 0.4) is 0 Å². The van der Waals surface area contributed by atoms with Crippen LogP contribution in [0.15, 0.2) is 0 Å². The van der Waals surface area contributed by atoms with Gasteiger partial charge in [0.2, 0.25) is 0 Å². The highest BCUT2D eigenvalue weighted by Crippen LogP contribution is 1.96. The molecule has 0 aromatic rings. The Morgan fingerprint density at radius 1 is 1.00 bits per heavy atom. The summed E-state index contributed by atoms with van der Waals surface area (Å²) in [5.74, 6) is -0.960. The average molecular weight is 247 g/mol. The maximum Gasteiger partial charge on any atom is 0.320 e. The highest BCUT2D eigenvalue weighted by atomic mass is 16.5. The Labute approximate surface area is 101 Å². The van der Waals surface area contributed by atoms with E-state index < -0.39 is 18.7 Å². The molecule has 0 rings (SSSR count). The summed E-state index contributed by atoms with van der Waals surface area (Å²) in [6.07, 6.45) is -0.434. The van der Waals surface area contributed by atoms with Crippen LogP contribution in [0, 0.1) is 0 Å². The molecule has 0 aliphatic heterocycles. The lowest BCUT2D eigenvalue weighted by molar-refractivity contribution is -0.154. The lowest BCUT2D eigenvalue weighted by Crippen LogP contribution is -2.37. The van der Waals surface area contributed by atoms with Crippen molar-refractivity contribution < 1.29 is 24.2 Å². The van der Waals surface area contributed by atoms with Gasteiger partial charge in [-0.25, -0.2) is 0 Å². The molecule has 0 aromatic carbocycles. The van der Waals surface area contributed by atoms with Gasteiger partial charge in [-0.05, 0) is 27.7 Å². The van der Waals surface area contributed by atoms with Crippen molar-refractivity contribution in [1.29, 1.82) is 0 Å². The molecule has 0 atom stereocenters. The van der Waals surface area contributed by atoms with E-state index in [2.05, 4.69) is 0 Å². The molecular weight excluding hydrogens is 226 g/mol. The van der Waals surface area contributed by atoms with Crippen molar-refractivity contribution in [1.82, 2.24) is 4.90 Å². The maximum absolute atomic E-state index is 11.3. The number of rotatable bonds is 7. The van der Waals surface area contributed by atoms with Gasteiger partial charge in [0.05, 0.1) is 32.0 Å². The van der Waals surface area contributed by atoms with Crippen molar-refractivity contribution in [3.05, 3.63) is 0 Å². The highest BCUT2D eigenvalue weighted by Gasteiger charge is 2.16. The quantitative estimate of drug-likeness (QED) is 0.509. The third-order valence-corrected chi connectivity index (χ3v) is 1.64. The van der Waals surface area contributed by atoms with Crippen molar-refractivity contribution >= 4 is 11.9 Å². The third-order valence-electron chi connectivity index (χ3n) is 1.64. The topological polar surface area (TPSA) is 76.1 Å². The molecule has 17 heavy (non-hydrogen) atoms. The van der Waals surface area contributed by atoms with Gasteiger partial charge in [-0.1, -0.05) is 0 Å². The minimum atomic E-state index is -0.480. The molecule has 6 nitrogen and oxygen atoms in total. The summed E-state index contributed by atoms with van der Waals surface area (Å²) in [4.78, 5) is 23.8. The van der Waals surface area contributed by atoms with E-state index in [0.717, 1.165) is 0 Å². The SMILES string of the molecule is CC(C)OC(=O)CN(CO)CC(=O)OC(C)C. The Morgan fingerprint density at radius 3 is 1.59 bits per heavy atom. The van der Waals surface area contributed by atoms with Gasteiger partial charge in [-0.3, -0.25) is 14.5 Å². The van der Waals surface area contributed by atoms with Gasteiger partial charge in [-0.15, -0.1) is 0 Å². The van der Waals surface area contributed by atoms with Gasteiger partial charge in [0.25, 0.3) is 0 Å². The normalized spacial score (nSPS) is 11.1. The molecule has 0 aliphatic rings. The monoisotopic (exact) mass is 247 g/mol. The summed E-state index contributed by atoms with van der Waals surface area (Å²) in [5.41, 5.74) is 0. The smallest absolute Gasteiger partial charge is 0.320 e. The standard InChI is InChI=1S/C11H21NO5/c1-8(2)16-10(14)5-12(7-13)6-11(15)17-9(3)4/h8-9,13H,5-7H2,1-4H3. The Morgan fingerprint density at radius 2 is 1.35 bits per heavy atom. The predicted molar refractivity (Wildman–Crippen MR) is 61.1 cm³/mol. The molecule has 100 valence electrons. The van der Waals surface area contributed by atoms with E-state index in [1.165, 1.54) is 4.90 Å². The van der Waals surface area contributed by atoms with E-state index in [1.54, 1.807) is 27.7 Å². The molecule has 1 N–H and O–H groups in total. The second kappa shape index (κ2) is 8.03. The lowest BCUT2D eigenvalue weighted by Gasteiger charge is -2.19. The summed E-state index contributed by atoms with van der Waals surface area (Å²) in [5, 5.41) is 9.00. The van der Waals surface area contributed by atoms with E-state index in [0.29, 0.717) is 0 Å². The van der Waals surface area contributed by atoms with Crippen LogP contribution in [0.2, 0.25) is 0 Å². The van der Waals surface area contributed by atoms with Crippen LogP contribution < -0.4 is 0 Å². The van der Waals surface area contributed by atoms with Crippen LogP contribution in [0.25, 0.3) is 0 Å². The lowest BCUT2D eigenvalue weighted by atomic mass is 10.4. The fourth-order valence-corrected chi connectivity index (χ4v) is 1.12. The zero-order valence-corrected chi connectivity index (χ0v) is 10.8. The fourth-order valence-electron chi connectivity index (χ4n) is 1.12. The second-order valence-corrected chi connectivity index (χ2v) is 4.21. The molecule has 0 bridgehead atoms. The average Bonchev–Trinajstić information content (AvgIpc) is 2.13. The van der Waals surface area contributed by atoms with E-state index >= 15 is 0 Å². The summed E-state index contributed by atoms with van der Waals surface area (Å²) >= 11 is 0. The zero-order chi connectivity index (χ0) is 13.4. The first kappa shape index (κ1) is 15.9. The first-order valence-electron chi connectivity index (χ1n) is 5.57. The van der Waals surface area contributed by atoms with Crippen LogP contribution in [-0.2, 0) is 19.1 Å². The molecule has 0 saturated carbocycles. The Hall–Kier alpha value is -1.14. The first-order valence-corrected chi connectivity index (χ1v) is 5.57. The van der Waals surface area contributed by atoms with Crippen molar-refractivity contribution in [3.63, 3.8) is 0 Å². The molecule has 0 spiro atoms. The largest absolute Gasteiger partial charge is 0.462 e. The summed E-state index contributed by atoms with van der Waals surface area (Å²) in [7, 11) is 0. The van der Waals surface area contributed by atoms with Crippen LogP contribution in [0.4, 0.5) is 0 Å². The predicted octanol–water partition coefficient (Wildman–Crippen LogP) is 0.141. The number of esters is 2. The Kier molecular flexibility index (Phi) is 7.49. The Balaban J connectivity index is 4.07. The number of hydrogen-bond donors (Lipinski definition) is 1. The van der Waals surface area contributed by atoms with Gasteiger partial charge in [0.15, 0.2) is 0 Å². The number of aliphatic hydroxyl groups excluding tert-OH is 1. The molecule has 0 saturated heterocycles. The number of hydrogen-bond acceptors (Lipinski definition) is 6. The summed E-state index contributed by atoms with van der Waals surface area (Å²) in [6.45, 7) is 6.25. The van der Waals surface area contributed by atoms with E-state index in [4.69, 9.17) is 14.6 Å². The van der Waals surface area contributed by atoms with Gasteiger partial charge in [0, 0.05) is 0 Å². The number of ether oxygens (including phenoxy) is 2.